The van der Waals surface area contributed by atoms with Crippen LogP contribution in [0, 0.1) is 0 Å². The van der Waals surface area contributed by atoms with Gasteiger partial charge in [-0.15, -0.1) is 0 Å². The SMILES string of the molecule is CCNC(C)c1ccccc1N(CC)CCO. The molecule has 0 fully saturated rings. The van der Waals surface area contributed by atoms with E-state index < -0.39 is 0 Å². The molecule has 0 bridgehead atoms. The number of rotatable bonds is 7. The van der Waals surface area contributed by atoms with Gasteiger partial charge in [0, 0.05) is 24.8 Å². The Labute approximate surface area is 104 Å². The number of aliphatic hydroxyl groups is 1. The molecule has 0 amide bonds. The summed E-state index contributed by atoms with van der Waals surface area (Å²) in [6, 6.07) is 8.74. The van der Waals surface area contributed by atoms with Crippen LogP contribution in [-0.2, 0) is 0 Å². The fourth-order valence-corrected chi connectivity index (χ4v) is 2.13. The number of benzene rings is 1. The number of hydrogen-bond donors (Lipinski definition) is 2. The fraction of sp³-hybridized carbons (Fsp3) is 0.571. The van der Waals surface area contributed by atoms with E-state index in [4.69, 9.17) is 5.11 Å². The second kappa shape index (κ2) is 7.30. The molecular weight excluding hydrogens is 212 g/mol. The van der Waals surface area contributed by atoms with Crippen molar-refractivity contribution in [3.63, 3.8) is 0 Å². The maximum atomic E-state index is 9.10. The van der Waals surface area contributed by atoms with Gasteiger partial charge in [-0.05, 0) is 32.0 Å². The molecule has 96 valence electrons. The third kappa shape index (κ3) is 3.72. The Kier molecular flexibility index (Phi) is 6.01. The van der Waals surface area contributed by atoms with E-state index in [2.05, 4.69) is 55.3 Å². The Bertz CT molecular complexity index is 328. The number of likely N-dealkylation sites (N-methyl/N-ethyl adjacent to an activating group) is 1. The van der Waals surface area contributed by atoms with Gasteiger partial charge in [0.15, 0.2) is 0 Å². The molecule has 1 aromatic carbocycles. The summed E-state index contributed by atoms with van der Waals surface area (Å²) in [4.78, 5) is 2.21. The molecule has 1 aromatic rings. The van der Waals surface area contributed by atoms with Crippen molar-refractivity contribution in [3.8, 4) is 0 Å². The molecule has 0 saturated heterocycles. The van der Waals surface area contributed by atoms with E-state index >= 15 is 0 Å². The second-order valence-electron chi connectivity index (χ2n) is 4.14. The third-order valence-corrected chi connectivity index (χ3v) is 3.01. The molecule has 3 nitrogen and oxygen atoms in total. The molecule has 1 rings (SSSR count). The van der Waals surface area contributed by atoms with E-state index in [9.17, 15) is 0 Å². The lowest BCUT2D eigenvalue weighted by Crippen LogP contribution is -2.29. The van der Waals surface area contributed by atoms with Crippen LogP contribution in [0.1, 0.15) is 32.4 Å². The van der Waals surface area contributed by atoms with Crippen molar-refractivity contribution in [3.05, 3.63) is 29.8 Å². The van der Waals surface area contributed by atoms with Gasteiger partial charge in [-0.1, -0.05) is 25.1 Å². The molecule has 0 aliphatic rings. The summed E-state index contributed by atoms with van der Waals surface area (Å²) in [7, 11) is 0. The summed E-state index contributed by atoms with van der Waals surface area (Å²) < 4.78 is 0. The maximum Gasteiger partial charge on any atom is 0.0606 e. The summed E-state index contributed by atoms with van der Waals surface area (Å²) in [6.07, 6.45) is 0. The highest BCUT2D eigenvalue weighted by Crippen LogP contribution is 2.25. The minimum absolute atomic E-state index is 0.192. The molecule has 0 saturated carbocycles. The molecule has 0 aliphatic carbocycles. The second-order valence-corrected chi connectivity index (χ2v) is 4.14. The smallest absolute Gasteiger partial charge is 0.0606 e. The van der Waals surface area contributed by atoms with Crippen LogP contribution in [-0.4, -0.2) is 31.3 Å². The van der Waals surface area contributed by atoms with Gasteiger partial charge in [0.25, 0.3) is 0 Å². The molecule has 1 unspecified atom stereocenters. The van der Waals surface area contributed by atoms with E-state index in [1.54, 1.807) is 0 Å². The van der Waals surface area contributed by atoms with Crippen molar-refractivity contribution in [2.45, 2.75) is 26.8 Å². The van der Waals surface area contributed by atoms with E-state index in [0.717, 1.165) is 13.1 Å². The highest BCUT2D eigenvalue weighted by molar-refractivity contribution is 5.54. The number of anilines is 1. The Morgan fingerprint density at radius 1 is 1.29 bits per heavy atom. The zero-order chi connectivity index (χ0) is 12.7. The first-order valence-electron chi connectivity index (χ1n) is 6.42. The van der Waals surface area contributed by atoms with Gasteiger partial charge < -0.3 is 15.3 Å². The molecule has 0 heterocycles. The number of para-hydroxylation sites is 1. The van der Waals surface area contributed by atoms with Gasteiger partial charge in [0.1, 0.15) is 0 Å². The van der Waals surface area contributed by atoms with Gasteiger partial charge in [0.05, 0.1) is 6.61 Å². The molecule has 0 radical (unpaired) electrons. The van der Waals surface area contributed by atoms with Crippen LogP contribution < -0.4 is 10.2 Å². The summed E-state index contributed by atoms with van der Waals surface area (Å²) in [5, 5.41) is 12.5. The zero-order valence-electron chi connectivity index (χ0n) is 11.1. The van der Waals surface area contributed by atoms with Gasteiger partial charge in [-0.3, -0.25) is 0 Å². The molecule has 17 heavy (non-hydrogen) atoms. The van der Waals surface area contributed by atoms with Gasteiger partial charge in [0.2, 0.25) is 0 Å². The standard InChI is InChI=1S/C14H24N2O/c1-4-15-12(3)13-8-6-7-9-14(13)16(5-2)10-11-17/h6-9,12,15,17H,4-5,10-11H2,1-3H3. The van der Waals surface area contributed by atoms with E-state index in [0.29, 0.717) is 12.6 Å². The van der Waals surface area contributed by atoms with Crippen LogP contribution in [0.5, 0.6) is 0 Å². The molecular formula is C14H24N2O. The average Bonchev–Trinajstić information content (AvgIpc) is 2.36. The fourth-order valence-electron chi connectivity index (χ4n) is 2.13. The van der Waals surface area contributed by atoms with Crippen molar-refractivity contribution in [2.24, 2.45) is 0 Å². The van der Waals surface area contributed by atoms with Gasteiger partial charge in [-0.2, -0.15) is 0 Å². The number of aliphatic hydroxyl groups excluding tert-OH is 1. The predicted octanol–water partition coefficient (Wildman–Crippen LogP) is 2.18. The molecule has 0 aromatic heterocycles. The molecule has 0 spiro atoms. The van der Waals surface area contributed by atoms with E-state index in [-0.39, 0.29) is 6.61 Å². The monoisotopic (exact) mass is 236 g/mol. The third-order valence-electron chi connectivity index (χ3n) is 3.01. The van der Waals surface area contributed by atoms with Crippen molar-refractivity contribution >= 4 is 5.69 Å². The normalized spacial score (nSPS) is 12.5. The summed E-state index contributed by atoms with van der Waals surface area (Å²) in [5.74, 6) is 0. The summed E-state index contributed by atoms with van der Waals surface area (Å²) in [5.41, 5.74) is 2.52. The number of nitrogens with zero attached hydrogens (tertiary/aromatic N) is 1. The minimum atomic E-state index is 0.192. The first-order valence-corrected chi connectivity index (χ1v) is 6.42. The lowest BCUT2D eigenvalue weighted by molar-refractivity contribution is 0.302. The maximum absolute atomic E-state index is 9.10. The lowest BCUT2D eigenvalue weighted by atomic mass is 10.0. The zero-order valence-corrected chi connectivity index (χ0v) is 11.1. The van der Waals surface area contributed by atoms with E-state index in [1.165, 1.54) is 11.3 Å². The first kappa shape index (κ1) is 14.0. The van der Waals surface area contributed by atoms with Crippen LogP contribution >= 0.6 is 0 Å². The highest BCUT2D eigenvalue weighted by atomic mass is 16.3. The van der Waals surface area contributed by atoms with Crippen molar-refractivity contribution in [2.75, 3.05) is 31.1 Å². The van der Waals surface area contributed by atoms with Crippen LogP contribution in [0.2, 0.25) is 0 Å². The topological polar surface area (TPSA) is 35.5 Å². The Balaban J connectivity index is 2.96. The Morgan fingerprint density at radius 3 is 2.59 bits per heavy atom. The Morgan fingerprint density at radius 2 is 2.00 bits per heavy atom. The van der Waals surface area contributed by atoms with Crippen molar-refractivity contribution in [1.29, 1.82) is 0 Å². The van der Waals surface area contributed by atoms with E-state index in [1.807, 2.05) is 0 Å². The predicted molar refractivity (Wildman–Crippen MR) is 73.5 cm³/mol. The summed E-state index contributed by atoms with van der Waals surface area (Å²) in [6.45, 7) is 9.16. The molecule has 0 aliphatic heterocycles. The Hall–Kier alpha value is -1.06. The average molecular weight is 236 g/mol. The lowest BCUT2D eigenvalue weighted by Gasteiger charge is -2.27. The molecule has 1 atom stereocenters. The quantitative estimate of drug-likeness (QED) is 0.761. The first-order chi connectivity index (χ1) is 8.24. The van der Waals surface area contributed by atoms with Crippen LogP contribution in [0.3, 0.4) is 0 Å². The van der Waals surface area contributed by atoms with Crippen LogP contribution in [0.25, 0.3) is 0 Å². The highest BCUT2D eigenvalue weighted by Gasteiger charge is 2.13. The molecule has 3 heteroatoms. The van der Waals surface area contributed by atoms with Crippen LogP contribution in [0.4, 0.5) is 5.69 Å². The number of nitrogens with one attached hydrogen (secondary N) is 1. The number of hydrogen-bond acceptors (Lipinski definition) is 3. The largest absolute Gasteiger partial charge is 0.395 e. The van der Waals surface area contributed by atoms with Gasteiger partial charge >= 0.3 is 0 Å². The van der Waals surface area contributed by atoms with Crippen molar-refractivity contribution < 1.29 is 5.11 Å². The molecule has 2 N–H and O–H groups in total. The summed E-state index contributed by atoms with van der Waals surface area (Å²) >= 11 is 0. The minimum Gasteiger partial charge on any atom is -0.395 e. The van der Waals surface area contributed by atoms with Crippen LogP contribution in [0.15, 0.2) is 24.3 Å². The van der Waals surface area contributed by atoms with Gasteiger partial charge in [-0.25, -0.2) is 0 Å². The van der Waals surface area contributed by atoms with Crippen molar-refractivity contribution in [1.82, 2.24) is 5.32 Å².